The summed E-state index contributed by atoms with van der Waals surface area (Å²) in [5.74, 6) is 0. The zero-order valence-electron chi connectivity index (χ0n) is 21.5. The molecule has 192 valence electrons. The topological polar surface area (TPSA) is 35.4 Å². The van der Waals surface area contributed by atoms with Crippen LogP contribution in [0.3, 0.4) is 0 Å². The van der Waals surface area contributed by atoms with E-state index >= 15 is 0 Å². The maximum atomic E-state index is 6.33. The third-order valence-electron chi connectivity index (χ3n) is 8.30. The second-order valence-corrected chi connectivity index (χ2v) is 12.4. The van der Waals surface area contributed by atoms with E-state index in [-0.39, 0.29) is 0 Å². The van der Waals surface area contributed by atoms with E-state index < -0.39 is 0 Å². The number of hydrogen-bond donors (Lipinski definition) is 0. The second kappa shape index (κ2) is 7.85. The van der Waals surface area contributed by atoms with Gasteiger partial charge in [-0.2, -0.15) is 5.10 Å². The summed E-state index contributed by atoms with van der Waals surface area (Å²) in [5, 5.41) is 12.8. The summed E-state index contributed by atoms with van der Waals surface area (Å²) in [4.78, 5) is 1.25. The molecule has 0 aliphatic rings. The SMILES string of the molecule is c1ccc2c(c1)c1ccccc1n2-c1ccc2oc3ccc(-c4cc5c6sccc6n6nccc6c5s4)cc3c2c1. The molecule has 0 N–H and O–H groups in total. The third kappa shape index (κ3) is 2.90. The lowest BCUT2D eigenvalue weighted by Gasteiger charge is -2.08. The minimum absolute atomic E-state index is 0.902. The Morgan fingerprint density at radius 2 is 1.32 bits per heavy atom. The molecule has 0 fully saturated rings. The van der Waals surface area contributed by atoms with E-state index in [1.54, 1.807) is 11.3 Å². The molecule has 0 unspecified atom stereocenters. The summed E-state index contributed by atoms with van der Waals surface area (Å²) in [6.45, 7) is 0. The molecule has 0 saturated carbocycles. The Morgan fingerprint density at radius 3 is 2.15 bits per heavy atom. The lowest BCUT2D eigenvalue weighted by Crippen LogP contribution is -1.93. The third-order valence-corrected chi connectivity index (χ3v) is 10.4. The molecule has 0 spiro atoms. The predicted octanol–water partition coefficient (Wildman–Crippen LogP) is 10.4. The molecule has 6 heterocycles. The van der Waals surface area contributed by atoms with E-state index in [9.17, 15) is 0 Å². The molecule has 41 heavy (non-hydrogen) atoms. The van der Waals surface area contributed by atoms with E-state index in [2.05, 4.69) is 123 Å². The predicted molar refractivity (Wildman–Crippen MR) is 173 cm³/mol. The van der Waals surface area contributed by atoms with Crippen molar-refractivity contribution in [2.45, 2.75) is 0 Å². The highest BCUT2D eigenvalue weighted by molar-refractivity contribution is 7.24. The number of pyridine rings is 1. The minimum atomic E-state index is 0.902. The number of rotatable bonds is 2. The second-order valence-electron chi connectivity index (χ2n) is 10.5. The van der Waals surface area contributed by atoms with Gasteiger partial charge in [0.15, 0.2) is 0 Å². The van der Waals surface area contributed by atoms with Crippen LogP contribution >= 0.6 is 22.7 Å². The molecular formula is C35H19N3OS2. The quantitative estimate of drug-likeness (QED) is 0.210. The van der Waals surface area contributed by atoms with Crippen molar-refractivity contribution in [2.75, 3.05) is 0 Å². The molecule has 6 aromatic heterocycles. The maximum absolute atomic E-state index is 6.33. The van der Waals surface area contributed by atoms with E-state index in [0.717, 1.165) is 33.1 Å². The van der Waals surface area contributed by atoms with Gasteiger partial charge in [0.05, 0.1) is 37.7 Å². The molecule has 0 bridgehead atoms. The summed E-state index contributed by atoms with van der Waals surface area (Å²) < 4.78 is 13.3. The average molecular weight is 562 g/mol. The van der Waals surface area contributed by atoms with Crippen molar-refractivity contribution in [2.24, 2.45) is 0 Å². The van der Waals surface area contributed by atoms with Gasteiger partial charge < -0.3 is 8.98 Å². The molecule has 4 nitrogen and oxygen atoms in total. The number of nitrogens with zero attached hydrogens (tertiary/aromatic N) is 3. The summed E-state index contributed by atoms with van der Waals surface area (Å²) >= 11 is 3.61. The van der Waals surface area contributed by atoms with Gasteiger partial charge >= 0.3 is 0 Å². The molecule has 4 aromatic carbocycles. The molecule has 0 amide bonds. The van der Waals surface area contributed by atoms with Gasteiger partial charge in [-0.3, -0.25) is 0 Å². The lowest BCUT2D eigenvalue weighted by molar-refractivity contribution is 0.669. The van der Waals surface area contributed by atoms with Crippen LogP contribution in [0.2, 0.25) is 0 Å². The van der Waals surface area contributed by atoms with Gasteiger partial charge in [0.1, 0.15) is 11.2 Å². The van der Waals surface area contributed by atoms with Crippen LogP contribution in [0, 0.1) is 0 Å². The molecule has 0 radical (unpaired) electrons. The van der Waals surface area contributed by atoms with Crippen LogP contribution in [0.4, 0.5) is 0 Å². The van der Waals surface area contributed by atoms with E-state index in [0.29, 0.717) is 0 Å². The Kier molecular flexibility index (Phi) is 4.18. The normalized spacial score (nSPS) is 12.4. The van der Waals surface area contributed by atoms with Crippen LogP contribution in [0.1, 0.15) is 0 Å². The fourth-order valence-corrected chi connectivity index (χ4v) is 8.62. The summed E-state index contributed by atoms with van der Waals surface area (Å²) in [6.07, 6.45) is 1.89. The van der Waals surface area contributed by atoms with Gasteiger partial charge in [-0.25, -0.2) is 4.52 Å². The Hall–Kier alpha value is -4.91. The average Bonchev–Trinajstić information content (AvgIpc) is 3.83. The van der Waals surface area contributed by atoms with Crippen molar-refractivity contribution in [3.05, 3.63) is 115 Å². The van der Waals surface area contributed by atoms with Crippen LogP contribution in [-0.2, 0) is 0 Å². The minimum Gasteiger partial charge on any atom is -0.456 e. The van der Waals surface area contributed by atoms with Gasteiger partial charge in [0.25, 0.3) is 0 Å². The number of furan rings is 1. The highest BCUT2D eigenvalue weighted by atomic mass is 32.1. The fourth-order valence-electron chi connectivity index (χ4n) is 6.49. The largest absolute Gasteiger partial charge is 0.456 e. The van der Waals surface area contributed by atoms with Gasteiger partial charge in [-0.1, -0.05) is 36.4 Å². The summed E-state index contributed by atoms with van der Waals surface area (Å²) in [6, 6.07) is 37.0. The van der Waals surface area contributed by atoms with Gasteiger partial charge in [0, 0.05) is 37.5 Å². The first-order valence-electron chi connectivity index (χ1n) is 13.5. The van der Waals surface area contributed by atoms with Crippen molar-refractivity contribution < 1.29 is 4.42 Å². The number of aromatic nitrogens is 3. The lowest BCUT2D eigenvalue weighted by atomic mass is 10.1. The number of fused-ring (bicyclic) bond motifs is 12. The number of thiophene rings is 2. The van der Waals surface area contributed by atoms with E-state index in [1.807, 2.05) is 17.5 Å². The summed E-state index contributed by atoms with van der Waals surface area (Å²) in [5.41, 5.74) is 8.88. The van der Waals surface area contributed by atoms with Gasteiger partial charge in [-0.15, -0.1) is 22.7 Å². The van der Waals surface area contributed by atoms with Crippen LogP contribution < -0.4 is 0 Å². The molecule has 0 saturated heterocycles. The molecule has 6 heteroatoms. The van der Waals surface area contributed by atoms with Crippen LogP contribution in [-0.4, -0.2) is 14.2 Å². The summed E-state index contributed by atoms with van der Waals surface area (Å²) in [7, 11) is 0. The van der Waals surface area contributed by atoms with Crippen molar-refractivity contribution in [3.63, 3.8) is 0 Å². The Balaban J connectivity index is 1.21. The molecular weight excluding hydrogens is 543 g/mol. The van der Waals surface area contributed by atoms with Crippen LogP contribution in [0.25, 0.3) is 85.7 Å². The molecule has 10 aromatic rings. The zero-order chi connectivity index (χ0) is 26.7. The van der Waals surface area contributed by atoms with Crippen LogP contribution in [0.15, 0.2) is 119 Å². The van der Waals surface area contributed by atoms with Crippen molar-refractivity contribution in [1.82, 2.24) is 14.2 Å². The van der Waals surface area contributed by atoms with E-state index in [1.165, 1.54) is 52.5 Å². The highest BCUT2D eigenvalue weighted by Crippen LogP contribution is 2.43. The standard InChI is InChI=1S/C35H19N3OS2/c1-3-7-27-22(5-1)23-6-2-4-8-28(23)37(27)21-10-12-32-25(18-21)24-17-20(9-11-31(24)39-32)33-19-26-34-30(14-16-40-34)38-29(13-15-36-38)35(26)41-33/h1-19H. The van der Waals surface area contributed by atoms with Gasteiger partial charge in [-0.05, 0) is 77.7 Å². The van der Waals surface area contributed by atoms with Crippen molar-refractivity contribution >= 4 is 92.2 Å². The maximum Gasteiger partial charge on any atom is 0.135 e. The first-order valence-corrected chi connectivity index (χ1v) is 15.2. The molecule has 0 aliphatic carbocycles. The Morgan fingerprint density at radius 1 is 0.585 bits per heavy atom. The Bertz CT molecular complexity index is 2540. The zero-order valence-corrected chi connectivity index (χ0v) is 23.2. The number of benzene rings is 4. The van der Waals surface area contributed by atoms with Crippen molar-refractivity contribution in [1.29, 1.82) is 0 Å². The number of hydrogen-bond acceptors (Lipinski definition) is 4. The fraction of sp³-hybridized carbons (Fsp3) is 0. The molecule has 0 aliphatic heterocycles. The Labute approximate surface area is 240 Å². The first kappa shape index (κ1) is 21.9. The smallest absolute Gasteiger partial charge is 0.135 e. The molecule has 0 atom stereocenters. The first-order chi connectivity index (χ1) is 20.3. The van der Waals surface area contributed by atoms with Crippen LogP contribution in [0.5, 0.6) is 0 Å². The van der Waals surface area contributed by atoms with Gasteiger partial charge in [0.2, 0.25) is 0 Å². The monoisotopic (exact) mass is 561 g/mol. The molecule has 10 rings (SSSR count). The highest BCUT2D eigenvalue weighted by Gasteiger charge is 2.17. The van der Waals surface area contributed by atoms with Crippen molar-refractivity contribution in [3.8, 4) is 16.1 Å². The number of para-hydroxylation sites is 2. The van der Waals surface area contributed by atoms with E-state index in [4.69, 9.17) is 4.42 Å².